The van der Waals surface area contributed by atoms with Crippen molar-refractivity contribution in [2.45, 2.75) is 45.0 Å². The summed E-state index contributed by atoms with van der Waals surface area (Å²) in [4.78, 5) is 29.4. The predicted octanol–water partition coefficient (Wildman–Crippen LogP) is 6.82. The van der Waals surface area contributed by atoms with Crippen molar-refractivity contribution in [2.24, 2.45) is 11.7 Å². The van der Waals surface area contributed by atoms with Gasteiger partial charge in [-0.3, -0.25) is 14.6 Å². The van der Waals surface area contributed by atoms with Crippen LogP contribution in [-0.4, -0.2) is 39.3 Å². The molecule has 0 aliphatic rings. The molecule has 2 aromatic heterocycles. The number of halogens is 4. The highest BCUT2D eigenvalue weighted by molar-refractivity contribution is 6.54. The number of aromatic nitrogens is 2. The van der Waals surface area contributed by atoms with Gasteiger partial charge in [0.2, 0.25) is 0 Å². The molecule has 2 heterocycles. The number of hydrogen-bond donors (Lipinski definition) is 1. The normalized spacial score (nSPS) is 11.8. The number of carbonyl (C=O) groups excluding carboxylic acids is 2. The Hall–Kier alpha value is -2.16. The topological polar surface area (TPSA) is 102 Å². The quantitative estimate of drug-likeness (QED) is 0.282. The van der Waals surface area contributed by atoms with Crippen molar-refractivity contribution in [1.29, 1.82) is 0 Å². The van der Waals surface area contributed by atoms with Crippen molar-refractivity contribution < 1.29 is 14.1 Å². The maximum Gasteiger partial charge on any atom is 0.260 e. The summed E-state index contributed by atoms with van der Waals surface area (Å²) in [6, 6.07) is 9.35. The molecule has 36 heavy (non-hydrogen) atoms. The van der Waals surface area contributed by atoms with Crippen molar-refractivity contribution >= 4 is 63.8 Å². The van der Waals surface area contributed by atoms with Crippen molar-refractivity contribution in [2.75, 3.05) is 11.4 Å². The number of anilines is 1. The highest BCUT2D eigenvalue weighted by Gasteiger charge is 2.25. The summed E-state index contributed by atoms with van der Waals surface area (Å²) in [5.74, 6) is -0.441. The molecule has 3 rings (SSSR count). The lowest BCUT2D eigenvalue weighted by Gasteiger charge is -2.24. The summed E-state index contributed by atoms with van der Waals surface area (Å²) in [6.07, 6.45) is 1.54. The molecule has 0 saturated carbocycles. The fourth-order valence-corrected chi connectivity index (χ4v) is 4.05. The smallest absolute Gasteiger partial charge is 0.260 e. The molecule has 11 heteroatoms. The number of Topliss-reactive ketones (excluding diaryl/α,β-unsaturated/α-hetero) is 1. The van der Waals surface area contributed by atoms with Crippen molar-refractivity contribution in [1.82, 2.24) is 10.1 Å². The lowest BCUT2D eigenvalue weighted by molar-refractivity contribution is -0.121. The van der Waals surface area contributed by atoms with E-state index in [-0.39, 0.29) is 24.7 Å². The molecule has 3 aromatic rings. The molecule has 0 aliphatic carbocycles. The molecular formula is C25H28Cl4N4O3. The summed E-state index contributed by atoms with van der Waals surface area (Å²) < 4.78 is 5.46. The average molecular weight is 574 g/mol. The molecule has 1 aromatic carbocycles. The van der Waals surface area contributed by atoms with Gasteiger partial charge in [-0.2, -0.15) is 0 Å². The zero-order valence-corrected chi connectivity index (χ0v) is 23.4. The van der Waals surface area contributed by atoms with Crippen LogP contribution in [0.15, 0.2) is 47.1 Å². The average Bonchev–Trinajstić information content (AvgIpc) is 3.34. The number of amides is 1. The molecule has 1 amide bonds. The number of benzene rings is 1. The van der Waals surface area contributed by atoms with Gasteiger partial charge in [0.25, 0.3) is 5.91 Å². The molecule has 7 nitrogen and oxygen atoms in total. The largest absolute Gasteiger partial charge is 0.354 e. The van der Waals surface area contributed by atoms with E-state index in [4.69, 9.17) is 56.7 Å². The van der Waals surface area contributed by atoms with Gasteiger partial charge in [0, 0.05) is 36.5 Å². The van der Waals surface area contributed by atoms with Crippen LogP contribution in [0, 0.1) is 5.92 Å². The van der Waals surface area contributed by atoms with Crippen LogP contribution in [0.4, 0.5) is 5.69 Å². The number of carbonyl (C=O) groups is 2. The van der Waals surface area contributed by atoms with Gasteiger partial charge in [-0.05, 0) is 30.2 Å². The molecule has 0 spiro atoms. The van der Waals surface area contributed by atoms with Crippen LogP contribution in [0.5, 0.6) is 0 Å². The minimum Gasteiger partial charge on any atom is -0.354 e. The van der Waals surface area contributed by atoms with Crippen LogP contribution in [0.2, 0.25) is 10.0 Å². The number of alkyl halides is 2. The van der Waals surface area contributed by atoms with Crippen LogP contribution >= 0.6 is 46.4 Å². The van der Waals surface area contributed by atoms with Gasteiger partial charge in [-0.15, -0.1) is 0 Å². The van der Waals surface area contributed by atoms with Crippen molar-refractivity contribution in [3.63, 3.8) is 0 Å². The first kappa shape index (κ1) is 30.1. The molecule has 0 radical (unpaired) electrons. The molecule has 1 atom stereocenters. The van der Waals surface area contributed by atoms with E-state index < -0.39 is 16.8 Å². The lowest BCUT2D eigenvalue weighted by Crippen LogP contribution is -2.40. The number of nitrogens with zero attached hydrogens (tertiary/aromatic N) is 3. The number of nitrogens with two attached hydrogens (primary N) is 1. The molecule has 0 aliphatic heterocycles. The van der Waals surface area contributed by atoms with E-state index in [1.807, 2.05) is 27.7 Å². The molecule has 0 bridgehead atoms. The molecule has 1 unspecified atom stereocenters. The fraction of sp³-hybridized carbons (Fsp3) is 0.360. The van der Waals surface area contributed by atoms with Gasteiger partial charge >= 0.3 is 0 Å². The predicted molar refractivity (Wildman–Crippen MR) is 147 cm³/mol. The van der Waals surface area contributed by atoms with E-state index in [1.165, 1.54) is 11.1 Å². The monoisotopic (exact) mass is 572 g/mol. The minimum absolute atomic E-state index is 0.0229. The van der Waals surface area contributed by atoms with Gasteiger partial charge in [0.1, 0.15) is 11.4 Å². The standard InChI is InChI=1S/C23H22Cl4N4O3.C2H6/c1-12(2)21(28)18(32)7-9-31(23(33)22(26)27)13-6-8-29-16(10-13)19-11-17(30-34-19)20-14(24)4-3-5-15(20)25;1-2/h3-6,8,10-12,21-22H,7,9,28H2,1-2H3;1-2H3. The molecule has 0 fully saturated rings. The Kier molecular flexibility index (Phi) is 11.7. The summed E-state index contributed by atoms with van der Waals surface area (Å²) in [7, 11) is 0. The summed E-state index contributed by atoms with van der Waals surface area (Å²) >= 11 is 24.2. The van der Waals surface area contributed by atoms with Gasteiger partial charge in [-0.1, -0.05) is 85.3 Å². The second-order valence-electron chi connectivity index (χ2n) is 7.85. The third-order valence-corrected chi connectivity index (χ3v) is 6.16. The summed E-state index contributed by atoms with van der Waals surface area (Å²) in [5.41, 5.74) is 7.72. The van der Waals surface area contributed by atoms with E-state index in [0.717, 1.165) is 0 Å². The van der Waals surface area contributed by atoms with Gasteiger partial charge < -0.3 is 15.2 Å². The van der Waals surface area contributed by atoms with Gasteiger partial charge in [0.05, 0.1) is 16.1 Å². The number of ketones is 1. The maximum atomic E-state index is 12.7. The third-order valence-electron chi connectivity index (χ3n) is 5.16. The highest BCUT2D eigenvalue weighted by Crippen LogP contribution is 2.36. The maximum absolute atomic E-state index is 12.7. The Bertz CT molecular complexity index is 1160. The van der Waals surface area contributed by atoms with Crippen LogP contribution in [0.25, 0.3) is 22.7 Å². The minimum atomic E-state index is -1.32. The number of pyridine rings is 1. The van der Waals surface area contributed by atoms with Crippen LogP contribution < -0.4 is 10.6 Å². The van der Waals surface area contributed by atoms with Gasteiger partial charge in [-0.25, -0.2) is 0 Å². The fourth-order valence-electron chi connectivity index (χ4n) is 3.22. The van der Waals surface area contributed by atoms with E-state index in [1.54, 1.807) is 36.4 Å². The third kappa shape index (κ3) is 7.43. The first-order valence-electron chi connectivity index (χ1n) is 11.4. The van der Waals surface area contributed by atoms with Crippen LogP contribution in [0.3, 0.4) is 0 Å². The Morgan fingerprint density at radius 2 is 1.69 bits per heavy atom. The van der Waals surface area contributed by atoms with E-state index in [9.17, 15) is 9.59 Å². The second kappa shape index (κ2) is 14.0. The first-order chi connectivity index (χ1) is 17.1. The summed E-state index contributed by atoms with van der Waals surface area (Å²) in [5, 5.41) is 4.90. The molecule has 2 N–H and O–H groups in total. The zero-order valence-electron chi connectivity index (χ0n) is 20.3. The zero-order chi connectivity index (χ0) is 27.0. The van der Waals surface area contributed by atoms with Crippen LogP contribution in [0.1, 0.15) is 34.1 Å². The highest BCUT2D eigenvalue weighted by atomic mass is 35.5. The second-order valence-corrected chi connectivity index (χ2v) is 9.76. The number of rotatable bonds is 9. The van der Waals surface area contributed by atoms with E-state index in [0.29, 0.717) is 38.4 Å². The Morgan fingerprint density at radius 1 is 1.06 bits per heavy atom. The Labute approximate surface area is 230 Å². The van der Waals surface area contributed by atoms with Gasteiger partial charge in [0.15, 0.2) is 16.4 Å². The Morgan fingerprint density at radius 3 is 2.28 bits per heavy atom. The van der Waals surface area contributed by atoms with Crippen molar-refractivity contribution in [3.05, 3.63) is 52.6 Å². The van der Waals surface area contributed by atoms with E-state index >= 15 is 0 Å². The molecular weight excluding hydrogens is 546 g/mol. The van der Waals surface area contributed by atoms with Crippen molar-refractivity contribution in [3.8, 4) is 22.7 Å². The van der Waals surface area contributed by atoms with E-state index in [2.05, 4.69) is 10.1 Å². The lowest BCUT2D eigenvalue weighted by atomic mass is 9.99. The molecule has 194 valence electrons. The van der Waals surface area contributed by atoms with Crippen LogP contribution in [-0.2, 0) is 9.59 Å². The SMILES string of the molecule is CC.CC(C)C(N)C(=O)CCN(C(=O)C(Cl)Cl)c1ccnc(-c2cc(-c3c(Cl)cccc3Cl)no2)c1. The number of hydrogen-bond acceptors (Lipinski definition) is 6. The molecule has 0 saturated heterocycles. The first-order valence-corrected chi connectivity index (χ1v) is 13.0. The summed E-state index contributed by atoms with van der Waals surface area (Å²) in [6.45, 7) is 7.76. The Balaban J connectivity index is 0.00000222.